The van der Waals surface area contributed by atoms with E-state index in [0.29, 0.717) is 6.54 Å². The Kier molecular flexibility index (Phi) is 2.45. The molecule has 54 valence electrons. The van der Waals surface area contributed by atoms with Crippen LogP contribution in [0, 0.1) is 0 Å². The minimum Gasteiger partial charge on any atom is -0.249 e. The van der Waals surface area contributed by atoms with Crippen molar-refractivity contribution in [1.29, 1.82) is 0 Å². The van der Waals surface area contributed by atoms with Gasteiger partial charge in [-0.15, -0.1) is 0 Å². The van der Waals surface area contributed by atoms with Crippen LogP contribution in [0.25, 0.3) is 0 Å². The molecule has 1 rings (SSSR count). The summed E-state index contributed by atoms with van der Waals surface area (Å²) in [4.78, 5) is 3.79. The lowest BCUT2D eigenvalue weighted by molar-refractivity contribution is 0.676. The molecule has 0 radical (unpaired) electrons. The Morgan fingerprint density at radius 2 is 2.60 bits per heavy atom. The maximum absolute atomic E-state index is 5.45. The molecule has 0 saturated carbocycles. The van der Waals surface area contributed by atoms with E-state index in [1.54, 1.807) is 16.5 Å². The van der Waals surface area contributed by atoms with Crippen molar-refractivity contribution in [2.45, 2.75) is 13.5 Å². The van der Waals surface area contributed by atoms with Crippen molar-refractivity contribution in [2.24, 2.45) is 0 Å². The summed E-state index contributed by atoms with van der Waals surface area (Å²) in [5.41, 5.74) is 2.61. The standard InChI is InChI=1S/C6H8ClN3/c1-6(2-7)3-10-5-8-4-9-10/h2,4-5H,3H2,1H3. The van der Waals surface area contributed by atoms with E-state index in [1.165, 1.54) is 6.33 Å². The van der Waals surface area contributed by atoms with E-state index in [2.05, 4.69) is 10.1 Å². The van der Waals surface area contributed by atoms with E-state index >= 15 is 0 Å². The van der Waals surface area contributed by atoms with Gasteiger partial charge in [0.2, 0.25) is 0 Å². The van der Waals surface area contributed by atoms with Gasteiger partial charge in [0.1, 0.15) is 12.7 Å². The van der Waals surface area contributed by atoms with Gasteiger partial charge in [0.15, 0.2) is 0 Å². The molecule has 0 fully saturated rings. The molecule has 0 N–H and O–H groups in total. The summed E-state index contributed by atoms with van der Waals surface area (Å²) in [7, 11) is 0. The lowest BCUT2D eigenvalue weighted by Gasteiger charge is -1.96. The Labute approximate surface area is 64.3 Å². The number of aromatic nitrogens is 3. The van der Waals surface area contributed by atoms with Gasteiger partial charge in [0.05, 0.1) is 6.54 Å². The summed E-state index contributed by atoms with van der Waals surface area (Å²) in [6.07, 6.45) is 3.16. The van der Waals surface area contributed by atoms with Crippen LogP contribution in [0.2, 0.25) is 0 Å². The molecule has 1 aromatic heterocycles. The van der Waals surface area contributed by atoms with Gasteiger partial charge in [-0.2, -0.15) is 5.10 Å². The molecule has 0 spiro atoms. The van der Waals surface area contributed by atoms with Crippen molar-refractivity contribution in [3.63, 3.8) is 0 Å². The molecule has 4 heteroatoms. The Bertz CT molecular complexity index is 215. The predicted octanol–water partition coefficient (Wildman–Crippen LogP) is 1.42. The van der Waals surface area contributed by atoms with Gasteiger partial charge in [0.25, 0.3) is 0 Å². The number of allylic oxidation sites excluding steroid dienone is 1. The normalized spacial score (nSPS) is 12.0. The molecule has 0 saturated heterocycles. The minimum atomic E-state index is 0.712. The zero-order chi connectivity index (χ0) is 7.40. The summed E-state index contributed by atoms with van der Waals surface area (Å²) in [5.74, 6) is 0. The second-order valence-corrected chi connectivity index (χ2v) is 2.27. The van der Waals surface area contributed by atoms with E-state index in [-0.39, 0.29) is 0 Å². The molecular weight excluding hydrogens is 150 g/mol. The highest BCUT2D eigenvalue weighted by Gasteiger charge is 1.90. The third-order valence-corrected chi connectivity index (χ3v) is 1.44. The Balaban J connectivity index is 2.56. The molecule has 0 bridgehead atoms. The summed E-state index contributed by atoms with van der Waals surface area (Å²) < 4.78 is 1.72. The van der Waals surface area contributed by atoms with Crippen molar-refractivity contribution in [3.05, 3.63) is 23.8 Å². The molecule has 0 amide bonds. The first kappa shape index (κ1) is 7.28. The summed E-state index contributed by atoms with van der Waals surface area (Å²) in [6, 6.07) is 0. The lowest BCUT2D eigenvalue weighted by atomic mass is 10.4. The average molecular weight is 158 g/mol. The number of hydrogen-bond donors (Lipinski definition) is 0. The van der Waals surface area contributed by atoms with E-state index in [0.717, 1.165) is 5.57 Å². The maximum atomic E-state index is 5.45. The van der Waals surface area contributed by atoms with Gasteiger partial charge in [-0.25, -0.2) is 9.67 Å². The molecular formula is C6H8ClN3. The van der Waals surface area contributed by atoms with Gasteiger partial charge >= 0.3 is 0 Å². The third-order valence-electron chi connectivity index (χ3n) is 1.06. The van der Waals surface area contributed by atoms with Crippen molar-refractivity contribution >= 4 is 11.6 Å². The SMILES string of the molecule is CC(=CCl)Cn1cncn1. The zero-order valence-corrected chi connectivity index (χ0v) is 6.41. The molecule has 0 aliphatic carbocycles. The van der Waals surface area contributed by atoms with Gasteiger partial charge in [-0.3, -0.25) is 0 Å². The Hall–Kier alpha value is -0.830. The van der Waals surface area contributed by atoms with Crippen LogP contribution in [0.3, 0.4) is 0 Å². The zero-order valence-electron chi connectivity index (χ0n) is 5.66. The van der Waals surface area contributed by atoms with Crippen molar-refractivity contribution in [2.75, 3.05) is 0 Å². The van der Waals surface area contributed by atoms with Gasteiger partial charge in [-0.1, -0.05) is 11.6 Å². The first-order valence-electron chi connectivity index (χ1n) is 2.91. The molecule has 0 aliphatic rings. The predicted molar refractivity (Wildman–Crippen MR) is 39.6 cm³/mol. The molecule has 0 aliphatic heterocycles. The fourth-order valence-electron chi connectivity index (χ4n) is 0.604. The van der Waals surface area contributed by atoms with Crippen LogP contribution in [0.15, 0.2) is 23.8 Å². The van der Waals surface area contributed by atoms with Crippen molar-refractivity contribution < 1.29 is 0 Å². The van der Waals surface area contributed by atoms with E-state index in [1.807, 2.05) is 6.92 Å². The molecule has 3 nitrogen and oxygen atoms in total. The van der Waals surface area contributed by atoms with Crippen LogP contribution in [0.1, 0.15) is 6.92 Å². The largest absolute Gasteiger partial charge is 0.249 e. The van der Waals surface area contributed by atoms with Gasteiger partial charge in [-0.05, 0) is 12.5 Å². The molecule has 0 atom stereocenters. The average Bonchev–Trinajstić information content (AvgIpc) is 2.40. The number of nitrogens with zero attached hydrogens (tertiary/aromatic N) is 3. The molecule has 0 aromatic carbocycles. The highest BCUT2D eigenvalue weighted by atomic mass is 35.5. The third kappa shape index (κ3) is 1.84. The molecule has 1 aromatic rings. The number of halogens is 1. The van der Waals surface area contributed by atoms with Crippen molar-refractivity contribution in [1.82, 2.24) is 14.8 Å². The van der Waals surface area contributed by atoms with Crippen molar-refractivity contribution in [3.8, 4) is 0 Å². The van der Waals surface area contributed by atoms with Crippen LogP contribution < -0.4 is 0 Å². The molecule has 0 unspecified atom stereocenters. The summed E-state index contributed by atoms with van der Waals surface area (Å²) in [5, 5.41) is 3.91. The van der Waals surface area contributed by atoms with Crippen LogP contribution in [0.4, 0.5) is 0 Å². The summed E-state index contributed by atoms with van der Waals surface area (Å²) in [6.45, 7) is 2.65. The van der Waals surface area contributed by atoms with Crippen LogP contribution >= 0.6 is 11.6 Å². The fraction of sp³-hybridized carbons (Fsp3) is 0.333. The highest BCUT2D eigenvalue weighted by molar-refractivity contribution is 6.25. The molecule has 10 heavy (non-hydrogen) atoms. The fourth-order valence-corrected chi connectivity index (χ4v) is 0.673. The van der Waals surface area contributed by atoms with Crippen LogP contribution in [0.5, 0.6) is 0 Å². The van der Waals surface area contributed by atoms with Gasteiger partial charge < -0.3 is 0 Å². The smallest absolute Gasteiger partial charge is 0.137 e. The lowest BCUT2D eigenvalue weighted by Crippen LogP contribution is -1.98. The first-order valence-corrected chi connectivity index (χ1v) is 3.35. The first-order chi connectivity index (χ1) is 4.83. The second-order valence-electron chi connectivity index (χ2n) is 2.05. The van der Waals surface area contributed by atoms with E-state index in [9.17, 15) is 0 Å². The Morgan fingerprint density at radius 1 is 1.80 bits per heavy atom. The van der Waals surface area contributed by atoms with Gasteiger partial charge in [0, 0.05) is 5.54 Å². The maximum Gasteiger partial charge on any atom is 0.137 e. The summed E-state index contributed by atoms with van der Waals surface area (Å²) >= 11 is 5.45. The highest BCUT2D eigenvalue weighted by Crippen LogP contribution is 1.97. The number of rotatable bonds is 2. The molecule has 1 heterocycles. The van der Waals surface area contributed by atoms with Crippen LogP contribution in [-0.4, -0.2) is 14.8 Å². The van der Waals surface area contributed by atoms with E-state index in [4.69, 9.17) is 11.6 Å². The monoisotopic (exact) mass is 157 g/mol. The quantitative estimate of drug-likeness (QED) is 0.650. The van der Waals surface area contributed by atoms with Crippen LogP contribution in [-0.2, 0) is 6.54 Å². The topological polar surface area (TPSA) is 30.7 Å². The minimum absolute atomic E-state index is 0.712. The number of hydrogen-bond acceptors (Lipinski definition) is 2. The van der Waals surface area contributed by atoms with E-state index < -0.39 is 0 Å². The Morgan fingerprint density at radius 3 is 3.10 bits per heavy atom. The second kappa shape index (κ2) is 3.37.